The summed E-state index contributed by atoms with van der Waals surface area (Å²) in [5.41, 5.74) is 5.64. The molecule has 0 aromatic carbocycles. The number of nitrogens with zero attached hydrogens (tertiary/aromatic N) is 5. The second-order valence-electron chi connectivity index (χ2n) is 3.09. The van der Waals surface area contributed by atoms with E-state index in [2.05, 4.69) is 15.1 Å². The smallest absolute Gasteiger partial charge is 0.338 e. The Hall–Kier alpha value is -2.51. The predicted octanol–water partition coefficient (Wildman–Crippen LogP) is 0.367. The number of nitrogens with two attached hydrogens (primary N) is 1. The summed E-state index contributed by atoms with van der Waals surface area (Å²) in [4.78, 5) is 17.6. The summed E-state index contributed by atoms with van der Waals surface area (Å²) in [7, 11) is 1.71. The van der Waals surface area contributed by atoms with Gasteiger partial charge in [0.15, 0.2) is 5.69 Å². The highest BCUT2D eigenvalue weighted by atomic mass is 16.6. The second kappa shape index (κ2) is 3.57. The van der Waals surface area contributed by atoms with E-state index >= 15 is 0 Å². The Bertz CT molecular complexity index is 549. The van der Waals surface area contributed by atoms with Crippen LogP contribution in [-0.2, 0) is 7.05 Å². The number of nitrogen functional groups attached to an aromatic ring is 1. The summed E-state index contributed by atoms with van der Waals surface area (Å²) >= 11 is 0. The predicted molar refractivity (Wildman–Crippen MR) is 55.3 cm³/mol. The molecule has 0 aliphatic heterocycles. The van der Waals surface area contributed by atoms with E-state index in [1.54, 1.807) is 19.3 Å². The maximum absolute atomic E-state index is 10.8. The molecule has 0 aliphatic rings. The summed E-state index contributed by atoms with van der Waals surface area (Å²) < 4.78 is 1.53. The van der Waals surface area contributed by atoms with Crippen LogP contribution in [0.3, 0.4) is 0 Å². The SMILES string of the molecule is Cn1ccc(-c2ncnc(N)c2[N+](=O)[O-])n1. The van der Waals surface area contributed by atoms with Crippen molar-refractivity contribution in [1.29, 1.82) is 0 Å². The largest absolute Gasteiger partial charge is 0.378 e. The number of hydrogen-bond donors (Lipinski definition) is 1. The molecule has 2 rings (SSSR count). The fourth-order valence-corrected chi connectivity index (χ4v) is 1.30. The van der Waals surface area contributed by atoms with Gasteiger partial charge in [-0.1, -0.05) is 0 Å². The van der Waals surface area contributed by atoms with E-state index in [4.69, 9.17) is 5.73 Å². The molecule has 0 fully saturated rings. The molecule has 8 nitrogen and oxygen atoms in total. The van der Waals surface area contributed by atoms with Gasteiger partial charge in [0.25, 0.3) is 0 Å². The number of anilines is 1. The lowest BCUT2D eigenvalue weighted by Crippen LogP contribution is -2.03. The molecule has 2 aromatic heterocycles. The van der Waals surface area contributed by atoms with Crippen LogP contribution in [0.15, 0.2) is 18.6 Å². The van der Waals surface area contributed by atoms with Gasteiger partial charge in [0.05, 0.1) is 4.92 Å². The maximum Gasteiger partial charge on any atom is 0.338 e. The maximum atomic E-state index is 10.8. The average molecular weight is 220 g/mol. The number of aromatic nitrogens is 4. The lowest BCUT2D eigenvalue weighted by molar-refractivity contribution is -0.383. The minimum absolute atomic E-state index is 0.123. The molecule has 0 bridgehead atoms. The summed E-state index contributed by atoms with van der Waals surface area (Å²) in [5.74, 6) is -0.166. The first-order valence-corrected chi connectivity index (χ1v) is 4.34. The molecule has 0 amide bonds. The van der Waals surface area contributed by atoms with Gasteiger partial charge in [-0.2, -0.15) is 5.10 Å². The molecule has 82 valence electrons. The fraction of sp³-hybridized carbons (Fsp3) is 0.125. The zero-order valence-corrected chi connectivity index (χ0v) is 8.36. The van der Waals surface area contributed by atoms with Crippen LogP contribution in [0.2, 0.25) is 0 Å². The molecule has 2 aromatic rings. The topological polar surface area (TPSA) is 113 Å². The van der Waals surface area contributed by atoms with Gasteiger partial charge in [0.1, 0.15) is 12.0 Å². The van der Waals surface area contributed by atoms with Crippen LogP contribution in [0, 0.1) is 10.1 Å². The van der Waals surface area contributed by atoms with Gasteiger partial charge in [0, 0.05) is 13.2 Å². The Labute approximate surface area is 89.9 Å². The van der Waals surface area contributed by atoms with E-state index in [1.807, 2.05) is 0 Å². The lowest BCUT2D eigenvalue weighted by Gasteiger charge is -1.99. The minimum Gasteiger partial charge on any atom is -0.378 e. The standard InChI is InChI=1S/C8H8N6O2/c1-13-3-2-5(12-13)6-7(14(15)16)8(9)11-4-10-6/h2-4H,1H3,(H2,9,10,11). The molecule has 16 heavy (non-hydrogen) atoms. The van der Waals surface area contributed by atoms with Gasteiger partial charge >= 0.3 is 5.69 Å². The third kappa shape index (κ3) is 1.56. The highest BCUT2D eigenvalue weighted by molar-refractivity contribution is 5.72. The van der Waals surface area contributed by atoms with Crippen molar-refractivity contribution in [2.24, 2.45) is 7.05 Å². The van der Waals surface area contributed by atoms with Crippen molar-refractivity contribution in [2.75, 3.05) is 5.73 Å². The van der Waals surface area contributed by atoms with Crippen molar-refractivity contribution in [3.8, 4) is 11.4 Å². The number of hydrogen-bond acceptors (Lipinski definition) is 6. The summed E-state index contributed by atoms with van der Waals surface area (Å²) in [6.45, 7) is 0. The van der Waals surface area contributed by atoms with E-state index in [1.165, 1.54) is 11.0 Å². The molecular formula is C8H8N6O2. The van der Waals surface area contributed by atoms with Crippen LogP contribution in [0.5, 0.6) is 0 Å². The van der Waals surface area contributed by atoms with Gasteiger partial charge in [-0.05, 0) is 6.07 Å². The molecule has 0 spiro atoms. The molecule has 0 aliphatic carbocycles. The van der Waals surface area contributed by atoms with Crippen molar-refractivity contribution >= 4 is 11.5 Å². The molecule has 0 unspecified atom stereocenters. The zero-order chi connectivity index (χ0) is 11.7. The Morgan fingerprint density at radius 2 is 2.25 bits per heavy atom. The Morgan fingerprint density at radius 3 is 2.81 bits per heavy atom. The molecule has 0 saturated heterocycles. The van der Waals surface area contributed by atoms with Gasteiger partial charge < -0.3 is 5.73 Å². The monoisotopic (exact) mass is 220 g/mol. The Kier molecular flexibility index (Phi) is 2.24. The Balaban J connectivity index is 2.65. The average Bonchev–Trinajstić information content (AvgIpc) is 2.63. The summed E-state index contributed by atoms with van der Waals surface area (Å²) in [6.07, 6.45) is 2.84. The second-order valence-corrected chi connectivity index (χ2v) is 3.09. The normalized spacial score (nSPS) is 10.3. The highest BCUT2D eigenvalue weighted by Gasteiger charge is 2.23. The quantitative estimate of drug-likeness (QED) is 0.577. The van der Waals surface area contributed by atoms with E-state index in [-0.39, 0.29) is 17.2 Å². The molecule has 0 saturated carbocycles. The summed E-state index contributed by atoms with van der Waals surface area (Å²) in [6, 6.07) is 1.62. The Morgan fingerprint density at radius 1 is 1.50 bits per heavy atom. The molecule has 0 atom stereocenters. The fourth-order valence-electron chi connectivity index (χ4n) is 1.30. The van der Waals surface area contributed by atoms with Gasteiger partial charge in [0.2, 0.25) is 5.82 Å². The molecule has 8 heteroatoms. The van der Waals surface area contributed by atoms with Crippen molar-refractivity contribution in [1.82, 2.24) is 19.7 Å². The van der Waals surface area contributed by atoms with Crippen LogP contribution >= 0.6 is 0 Å². The summed E-state index contributed by atoms with van der Waals surface area (Å²) in [5, 5.41) is 14.9. The van der Waals surface area contributed by atoms with E-state index in [0.717, 1.165) is 0 Å². The number of rotatable bonds is 2. The first-order chi connectivity index (χ1) is 7.59. The first kappa shape index (κ1) is 10.0. The van der Waals surface area contributed by atoms with Crippen LogP contribution in [0.25, 0.3) is 11.4 Å². The molecule has 2 N–H and O–H groups in total. The highest BCUT2D eigenvalue weighted by Crippen LogP contribution is 2.29. The number of nitro groups is 1. The van der Waals surface area contributed by atoms with Crippen LogP contribution < -0.4 is 5.73 Å². The molecule has 0 radical (unpaired) electrons. The van der Waals surface area contributed by atoms with Crippen molar-refractivity contribution in [2.45, 2.75) is 0 Å². The molecule has 2 heterocycles. The van der Waals surface area contributed by atoms with Gasteiger partial charge in [-0.25, -0.2) is 9.97 Å². The van der Waals surface area contributed by atoms with E-state index < -0.39 is 4.92 Å². The van der Waals surface area contributed by atoms with E-state index in [9.17, 15) is 10.1 Å². The van der Waals surface area contributed by atoms with Crippen molar-refractivity contribution in [3.05, 3.63) is 28.7 Å². The number of aryl methyl sites for hydroxylation is 1. The molecular weight excluding hydrogens is 212 g/mol. The lowest BCUT2D eigenvalue weighted by atomic mass is 10.2. The van der Waals surface area contributed by atoms with Crippen molar-refractivity contribution in [3.63, 3.8) is 0 Å². The first-order valence-electron chi connectivity index (χ1n) is 4.34. The van der Waals surface area contributed by atoms with Crippen LogP contribution in [0.4, 0.5) is 11.5 Å². The van der Waals surface area contributed by atoms with Gasteiger partial charge in [-0.3, -0.25) is 14.8 Å². The van der Waals surface area contributed by atoms with Crippen LogP contribution in [0.1, 0.15) is 0 Å². The third-order valence-corrected chi connectivity index (χ3v) is 1.99. The minimum atomic E-state index is -0.612. The van der Waals surface area contributed by atoms with Crippen LogP contribution in [-0.4, -0.2) is 24.7 Å². The third-order valence-electron chi connectivity index (χ3n) is 1.99. The van der Waals surface area contributed by atoms with Crippen molar-refractivity contribution < 1.29 is 4.92 Å². The van der Waals surface area contributed by atoms with Gasteiger partial charge in [-0.15, -0.1) is 0 Å². The zero-order valence-electron chi connectivity index (χ0n) is 8.36. The van der Waals surface area contributed by atoms with E-state index in [0.29, 0.717) is 5.69 Å².